The van der Waals surface area contributed by atoms with Gasteiger partial charge >= 0.3 is 0 Å². The lowest BCUT2D eigenvalue weighted by atomic mass is 9.95. The molecule has 1 heterocycles. The minimum Gasteiger partial charge on any atom is -0.322 e. The molecule has 0 atom stereocenters. The molecule has 0 aliphatic heterocycles. The second kappa shape index (κ2) is 6.64. The van der Waals surface area contributed by atoms with Crippen molar-refractivity contribution >= 4 is 33.8 Å². The molecule has 132 valence electrons. The lowest BCUT2D eigenvalue weighted by molar-refractivity contribution is -0.123. The van der Waals surface area contributed by atoms with E-state index in [1.807, 2.05) is 52.0 Å². The maximum absolute atomic E-state index is 12.9. The van der Waals surface area contributed by atoms with Crippen LogP contribution in [0.4, 0.5) is 10.7 Å². The van der Waals surface area contributed by atoms with Crippen LogP contribution in [-0.2, 0) is 17.6 Å². The Morgan fingerprint density at radius 3 is 2.36 bits per heavy atom. The number of carbonyl (C=O) groups is 2. The monoisotopic (exact) mass is 356 g/mol. The van der Waals surface area contributed by atoms with E-state index < -0.39 is 5.41 Å². The SMILES string of the molecule is Cc1ccc(NC(=O)c2c(NC(=O)C(C)(C)C)sc3c2CCC3)cc1. The van der Waals surface area contributed by atoms with Crippen LogP contribution >= 0.6 is 11.3 Å². The Balaban J connectivity index is 1.90. The molecule has 0 saturated carbocycles. The molecule has 3 rings (SSSR count). The fourth-order valence-corrected chi connectivity index (χ4v) is 4.14. The summed E-state index contributed by atoms with van der Waals surface area (Å²) < 4.78 is 0. The van der Waals surface area contributed by atoms with E-state index in [1.54, 1.807) is 11.3 Å². The van der Waals surface area contributed by atoms with E-state index in [0.717, 1.165) is 36.1 Å². The summed E-state index contributed by atoms with van der Waals surface area (Å²) in [6, 6.07) is 7.73. The van der Waals surface area contributed by atoms with Crippen LogP contribution in [0.3, 0.4) is 0 Å². The number of aryl methyl sites for hydroxylation is 2. The number of rotatable bonds is 3. The summed E-state index contributed by atoms with van der Waals surface area (Å²) in [5.74, 6) is -0.218. The second-order valence-corrected chi connectivity index (χ2v) is 8.69. The Kier molecular flexibility index (Phi) is 4.69. The quantitative estimate of drug-likeness (QED) is 0.831. The average molecular weight is 356 g/mol. The second-order valence-electron chi connectivity index (χ2n) is 7.59. The zero-order valence-corrected chi connectivity index (χ0v) is 16.0. The Hall–Kier alpha value is -2.14. The van der Waals surface area contributed by atoms with Crippen LogP contribution in [-0.4, -0.2) is 11.8 Å². The van der Waals surface area contributed by atoms with Crippen LogP contribution in [0.5, 0.6) is 0 Å². The van der Waals surface area contributed by atoms with Crippen LogP contribution in [0.2, 0.25) is 0 Å². The average Bonchev–Trinajstić information content (AvgIpc) is 3.08. The van der Waals surface area contributed by atoms with Gasteiger partial charge in [-0.15, -0.1) is 11.3 Å². The molecule has 0 radical (unpaired) electrons. The molecule has 0 bridgehead atoms. The van der Waals surface area contributed by atoms with E-state index in [2.05, 4.69) is 10.6 Å². The number of nitrogens with one attached hydrogen (secondary N) is 2. The molecule has 2 amide bonds. The van der Waals surface area contributed by atoms with E-state index in [-0.39, 0.29) is 11.8 Å². The molecule has 1 aromatic heterocycles. The Morgan fingerprint density at radius 1 is 1.04 bits per heavy atom. The van der Waals surface area contributed by atoms with Gasteiger partial charge in [-0.05, 0) is 43.9 Å². The topological polar surface area (TPSA) is 58.2 Å². The summed E-state index contributed by atoms with van der Waals surface area (Å²) in [7, 11) is 0. The molecule has 2 N–H and O–H groups in total. The van der Waals surface area contributed by atoms with E-state index in [4.69, 9.17) is 0 Å². The number of anilines is 2. The van der Waals surface area contributed by atoms with Crippen molar-refractivity contribution in [1.82, 2.24) is 0 Å². The molecule has 5 heteroatoms. The van der Waals surface area contributed by atoms with Gasteiger partial charge < -0.3 is 10.6 Å². The highest BCUT2D eigenvalue weighted by atomic mass is 32.1. The molecule has 1 aromatic carbocycles. The molecule has 1 aliphatic rings. The van der Waals surface area contributed by atoms with Crippen LogP contribution in [0.15, 0.2) is 24.3 Å². The Bertz CT molecular complexity index is 813. The number of hydrogen-bond acceptors (Lipinski definition) is 3. The number of fused-ring (bicyclic) bond motifs is 1. The normalized spacial score (nSPS) is 13.4. The third kappa shape index (κ3) is 3.76. The highest BCUT2D eigenvalue weighted by molar-refractivity contribution is 7.17. The highest BCUT2D eigenvalue weighted by Gasteiger charge is 2.30. The predicted octanol–water partition coefficient (Wildman–Crippen LogP) is 4.78. The minimum atomic E-state index is -0.501. The van der Waals surface area contributed by atoms with Crippen LogP contribution in [0.25, 0.3) is 0 Å². The van der Waals surface area contributed by atoms with Crippen molar-refractivity contribution in [2.45, 2.75) is 47.0 Å². The van der Waals surface area contributed by atoms with Gasteiger partial charge in [-0.1, -0.05) is 38.5 Å². The standard InChI is InChI=1S/C20H24N2O2S/c1-12-8-10-13(11-9-12)21-17(23)16-14-6-5-7-15(14)25-18(16)22-19(24)20(2,3)4/h8-11H,5-7H2,1-4H3,(H,21,23)(H,22,24). The molecule has 4 nitrogen and oxygen atoms in total. The fraction of sp³-hybridized carbons (Fsp3) is 0.400. The number of amides is 2. The van der Waals surface area contributed by atoms with Gasteiger partial charge in [0.1, 0.15) is 5.00 Å². The first kappa shape index (κ1) is 17.7. The molecule has 1 aliphatic carbocycles. The summed E-state index contributed by atoms with van der Waals surface area (Å²) in [5.41, 5.74) is 3.14. The first-order chi connectivity index (χ1) is 11.8. The maximum Gasteiger partial charge on any atom is 0.258 e. The fourth-order valence-electron chi connectivity index (χ4n) is 2.85. The van der Waals surface area contributed by atoms with E-state index >= 15 is 0 Å². The highest BCUT2D eigenvalue weighted by Crippen LogP contribution is 2.40. The number of thiophene rings is 1. The molecule has 0 fully saturated rings. The van der Waals surface area contributed by atoms with Crippen molar-refractivity contribution in [2.24, 2.45) is 5.41 Å². The van der Waals surface area contributed by atoms with Crippen molar-refractivity contribution < 1.29 is 9.59 Å². The molecule has 0 saturated heterocycles. The Labute approximate surface area is 152 Å². The van der Waals surface area contributed by atoms with Crippen molar-refractivity contribution in [3.63, 3.8) is 0 Å². The minimum absolute atomic E-state index is 0.0724. The lowest BCUT2D eigenvalue weighted by Crippen LogP contribution is -2.28. The summed E-state index contributed by atoms with van der Waals surface area (Å²) in [6.45, 7) is 7.62. The third-order valence-corrected chi connectivity index (χ3v) is 5.57. The molecular formula is C20H24N2O2S. The van der Waals surface area contributed by atoms with Gasteiger partial charge in [0.15, 0.2) is 0 Å². The van der Waals surface area contributed by atoms with Crippen molar-refractivity contribution in [3.05, 3.63) is 45.8 Å². The van der Waals surface area contributed by atoms with Gasteiger partial charge in [-0.3, -0.25) is 9.59 Å². The largest absolute Gasteiger partial charge is 0.322 e. The molecule has 25 heavy (non-hydrogen) atoms. The summed E-state index contributed by atoms with van der Waals surface area (Å²) in [5, 5.41) is 6.62. The van der Waals surface area contributed by atoms with Crippen molar-refractivity contribution in [3.8, 4) is 0 Å². The van der Waals surface area contributed by atoms with Crippen LogP contribution in [0.1, 0.15) is 53.6 Å². The van der Waals surface area contributed by atoms with E-state index in [1.165, 1.54) is 4.88 Å². The smallest absolute Gasteiger partial charge is 0.258 e. The zero-order chi connectivity index (χ0) is 18.2. The summed E-state index contributed by atoms with van der Waals surface area (Å²) in [4.78, 5) is 26.5. The molecule has 0 spiro atoms. The van der Waals surface area contributed by atoms with E-state index in [9.17, 15) is 9.59 Å². The van der Waals surface area contributed by atoms with Gasteiger partial charge in [0.25, 0.3) is 5.91 Å². The number of carbonyl (C=O) groups excluding carboxylic acids is 2. The van der Waals surface area contributed by atoms with Gasteiger partial charge in [0.05, 0.1) is 5.56 Å². The molecular weight excluding hydrogens is 332 g/mol. The number of hydrogen-bond donors (Lipinski definition) is 2. The van der Waals surface area contributed by atoms with Crippen LogP contribution < -0.4 is 10.6 Å². The Morgan fingerprint density at radius 2 is 1.72 bits per heavy atom. The van der Waals surface area contributed by atoms with Gasteiger partial charge in [0, 0.05) is 16.0 Å². The van der Waals surface area contributed by atoms with Crippen molar-refractivity contribution in [1.29, 1.82) is 0 Å². The maximum atomic E-state index is 12.9. The van der Waals surface area contributed by atoms with Gasteiger partial charge in [0.2, 0.25) is 5.91 Å². The lowest BCUT2D eigenvalue weighted by Gasteiger charge is -2.18. The first-order valence-electron chi connectivity index (χ1n) is 8.59. The summed E-state index contributed by atoms with van der Waals surface area (Å²) >= 11 is 1.54. The van der Waals surface area contributed by atoms with Crippen LogP contribution in [0, 0.1) is 12.3 Å². The van der Waals surface area contributed by atoms with Gasteiger partial charge in [-0.25, -0.2) is 0 Å². The van der Waals surface area contributed by atoms with Crippen molar-refractivity contribution in [2.75, 3.05) is 10.6 Å². The third-order valence-electron chi connectivity index (χ3n) is 4.37. The number of benzene rings is 1. The zero-order valence-electron chi connectivity index (χ0n) is 15.2. The predicted molar refractivity (Wildman–Crippen MR) is 104 cm³/mol. The van der Waals surface area contributed by atoms with E-state index in [0.29, 0.717) is 10.6 Å². The molecule has 2 aromatic rings. The molecule has 0 unspecified atom stereocenters. The summed E-state index contributed by atoms with van der Waals surface area (Å²) in [6.07, 6.45) is 2.95. The van der Waals surface area contributed by atoms with Gasteiger partial charge in [-0.2, -0.15) is 0 Å². The first-order valence-corrected chi connectivity index (χ1v) is 9.41.